The van der Waals surface area contributed by atoms with Crippen LogP contribution in [0.5, 0.6) is 0 Å². The number of methoxy groups -OCH3 is 1. The summed E-state index contributed by atoms with van der Waals surface area (Å²) in [5.41, 5.74) is 0. The fourth-order valence-corrected chi connectivity index (χ4v) is 1.39. The van der Waals surface area contributed by atoms with Crippen LogP contribution in [0, 0.1) is 0 Å². The molecule has 1 aromatic rings. The Bertz CT molecular complexity index is 344. The van der Waals surface area contributed by atoms with Gasteiger partial charge in [0, 0.05) is 26.3 Å². The molecule has 1 rings (SSSR count). The monoisotopic (exact) mass is 276 g/mol. The molecule has 0 spiro atoms. The van der Waals surface area contributed by atoms with E-state index >= 15 is 0 Å². The summed E-state index contributed by atoms with van der Waals surface area (Å²) < 4.78 is 6.66. The predicted molar refractivity (Wildman–Crippen MR) is 73.1 cm³/mol. The third-order valence-electron chi connectivity index (χ3n) is 2.19. The van der Waals surface area contributed by atoms with Gasteiger partial charge in [-0.2, -0.15) is 5.10 Å². The van der Waals surface area contributed by atoms with Crippen molar-refractivity contribution >= 4 is 24.1 Å². The Balaban J connectivity index is 0.00000289. The molecule has 1 heterocycles. The third kappa shape index (κ3) is 6.00. The SMILES string of the molecule is CCCn1nccc1NC(=O)CNCCOC.Cl. The maximum atomic E-state index is 11.6. The zero-order valence-electron chi connectivity index (χ0n) is 10.8. The number of carbonyl (C=O) groups excluding carboxylic acids is 1. The van der Waals surface area contributed by atoms with Crippen molar-refractivity contribution in [1.29, 1.82) is 0 Å². The average Bonchev–Trinajstić information content (AvgIpc) is 2.73. The van der Waals surface area contributed by atoms with Gasteiger partial charge in [-0.15, -0.1) is 12.4 Å². The first-order chi connectivity index (χ1) is 8.27. The van der Waals surface area contributed by atoms with Crippen LogP contribution in [-0.4, -0.2) is 42.5 Å². The summed E-state index contributed by atoms with van der Waals surface area (Å²) in [5, 5.41) is 9.92. The third-order valence-corrected chi connectivity index (χ3v) is 2.19. The molecule has 0 aromatic carbocycles. The van der Waals surface area contributed by atoms with E-state index < -0.39 is 0 Å². The molecule has 0 atom stereocenters. The van der Waals surface area contributed by atoms with Crippen LogP contribution in [0.1, 0.15) is 13.3 Å². The van der Waals surface area contributed by atoms with Crippen molar-refractivity contribution in [2.24, 2.45) is 0 Å². The Kier molecular flexibility index (Phi) is 9.26. The average molecular weight is 277 g/mol. The lowest BCUT2D eigenvalue weighted by atomic mass is 10.4. The molecule has 18 heavy (non-hydrogen) atoms. The second-order valence-corrected chi connectivity index (χ2v) is 3.66. The number of aryl methyl sites for hydroxylation is 1. The molecule has 0 saturated carbocycles. The highest BCUT2D eigenvalue weighted by molar-refractivity contribution is 5.91. The van der Waals surface area contributed by atoms with E-state index in [1.165, 1.54) is 0 Å². The minimum absolute atomic E-state index is 0. The highest BCUT2D eigenvalue weighted by Crippen LogP contribution is 2.06. The van der Waals surface area contributed by atoms with Gasteiger partial charge in [-0.1, -0.05) is 6.92 Å². The molecule has 104 valence electrons. The lowest BCUT2D eigenvalue weighted by Crippen LogP contribution is -2.31. The van der Waals surface area contributed by atoms with E-state index in [-0.39, 0.29) is 24.9 Å². The Morgan fingerprint density at radius 1 is 1.56 bits per heavy atom. The molecule has 0 aliphatic heterocycles. The fourth-order valence-electron chi connectivity index (χ4n) is 1.39. The zero-order chi connectivity index (χ0) is 12.5. The van der Waals surface area contributed by atoms with Gasteiger partial charge in [-0.3, -0.25) is 4.79 Å². The van der Waals surface area contributed by atoms with Gasteiger partial charge >= 0.3 is 0 Å². The maximum Gasteiger partial charge on any atom is 0.239 e. The lowest BCUT2D eigenvalue weighted by Gasteiger charge is -2.08. The van der Waals surface area contributed by atoms with E-state index in [0.29, 0.717) is 13.2 Å². The van der Waals surface area contributed by atoms with Crippen LogP contribution in [0.4, 0.5) is 5.82 Å². The molecule has 1 amide bonds. The van der Waals surface area contributed by atoms with Crippen molar-refractivity contribution in [3.63, 3.8) is 0 Å². The van der Waals surface area contributed by atoms with Crippen molar-refractivity contribution < 1.29 is 9.53 Å². The summed E-state index contributed by atoms with van der Waals surface area (Å²) in [7, 11) is 1.63. The molecular weight excluding hydrogens is 256 g/mol. The van der Waals surface area contributed by atoms with Gasteiger partial charge in [0.05, 0.1) is 19.3 Å². The minimum atomic E-state index is -0.0704. The van der Waals surface area contributed by atoms with Crippen LogP contribution in [0.15, 0.2) is 12.3 Å². The van der Waals surface area contributed by atoms with Gasteiger partial charge in [0.2, 0.25) is 5.91 Å². The van der Waals surface area contributed by atoms with E-state index in [2.05, 4.69) is 22.7 Å². The molecule has 0 aliphatic rings. The first-order valence-electron chi connectivity index (χ1n) is 5.79. The first kappa shape index (κ1) is 16.9. The van der Waals surface area contributed by atoms with Gasteiger partial charge in [0.15, 0.2) is 0 Å². The highest BCUT2D eigenvalue weighted by atomic mass is 35.5. The number of halogens is 1. The van der Waals surface area contributed by atoms with E-state index in [9.17, 15) is 4.79 Å². The molecule has 1 aromatic heterocycles. The Labute approximate surface area is 113 Å². The Morgan fingerprint density at radius 3 is 3.00 bits per heavy atom. The second-order valence-electron chi connectivity index (χ2n) is 3.66. The first-order valence-corrected chi connectivity index (χ1v) is 5.79. The number of hydrogen-bond donors (Lipinski definition) is 2. The standard InChI is InChI=1S/C11H20N4O2.ClH/c1-3-7-15-10(4-5-13-15)14-11(16)9-12-6-8-17-2;/h4-5,12H,3,6-9H2,1-2H3,(H,14,16);1H. The number of rotatable bonds is 8. The number of ether oxygens (including phenoxy) is 1. The smallest absolute Gasteiger partial charge is 0.239 e. The zero-order valence-corrected chi connectivity index (χ0v) is 11.6. The van der Waals surface area contributed by atoms with Crippen LogP contribution in [0.2, 0.25) is 0 Å². The number of amides is 1. The summed E-state index contributed by atoms with van der Waals surface area (Å²) in [6, 6.07) is 1.79. The predicted octanol–water partition coefficient (Wildman–Crippen LogP) is 0.889. The maximum absolute atomic E-state index is 11.6. The van der Waals surface area contributed by atoms with Crippen LogP contribution < -0.4 is 10.6 Å². The number of hydrogen-bond acceptors (Lipinski definition) is 4. The molecule has 2 N–H and O–H groups in total. The van der Waals surface area contributed by atoms with Crippen LogP contribution in [-0.2, 0) is 16.1 Å². The van der Waals surface area contributed by atoms with Gasteiger partial charge in [-0.25, -0.2) is 4.68 Å². The summed E-state index contributed by atoms with van der Waals surface area (Å²) in [5.74, 6) is 0.671. The van der Waals surface area contributed by atoms with E-state index in [1.54, 1.807) is 24.1 Å². The molecule has 0 aliphatic carbocycles. The van der Waals surface area contributed by atoms with Crippen molar-refractivity contribution in [3.8, 4) is 0 Å². The quantitative estimate of drug-likeness (QED) is 0.692. The van der Waals surface area contributed by atoms with Crippen molar-refractivity contribution in [1.82, 2.24) is 15.1 Å². The number of aromatic nitrogens is 2. The van der Waals surface area contributed by atoms with E-state index in [4.69, 9.17) is 4.74 Å². The van der Waals surface area contributed by atoms with Crippen LogP contribution in [0.3, 0.4) is 0 Å². The Morgan fingerprint density at radius 2 is 2.33 bits per heavy atom. The summed E-state index contributed by atoms with van der Waals surface area (Å²) >= 11 is 0. The summed E-state index contributed by atoms with van der Waals surface area (Å²) in [4.78, 5) is 11.6. The molecule has 7 heteroatoms. The van der Waals surface area contributed by atoms with Crippen molar-refractivity contribution in [2.75, 3.05) is 32.1 Å². The molecule has 6 nitrogen and oxygen atoms in total. The molecular formula is C11H21ClN4O2. The molecule has 0 bridgehead atoms. The number of nitrogens with one attached hydrogen (secondary N) is 2. The molecule has 0 fully saturated rings. The lowest BCUT2D eigenvalue weighted by molar-refractivity contribution is -0.115. The summed E-state index contributed by atoms with van der Waals surface area (Å²) in [6.45, 7) is 4.42. The van der Waals surface area contributed by atoms with Crippen LogP contribution in [0.25, 0.3) is 0 Å². The van der Waals surface area contributed by atoms with E-state index in [0.717, 1.165) is 18.8 Å². The molecule has 0 radical (unpaired) electrons. The number of nitrogens with zero attached hydrogens (tertiary/aromatic N) is 2. The number of carbonyl (C=O) groups is 1. The van der Waals surface area contributed by atoms with Gasteiger partial charge in [-0.05, 0) is 6.42 Å². The van der Waals surface area contributed by atoms with E-state index in [1.807, 2.05) is 0 Å². The molecule has 0 unspecified atom stereocenters. The topological polar surface area (TPSA) is 68.2 Å². The fraction of sp³-hybridized carbons (Fsp3) is 0.636. The van der Waals surface area contributed by atoms with Crippen molar-refractivity contribution in [2.45, 2.75) is 19.9 Å². The molecule has 0 saturated heterocycles. The second kappa shape index (κ2) is 9.87. The normalized spacial score (nSPS) is 9.89. The van der Waals surface area contributed by atoms with Gasteiger partial charge in [0.25, 0.3) is 0 Å². The Hall–Kier alpha value is -1.11. The van der Waals surface area contributed by atoms with Gasteiger partial charge in [0.1, 0.15) is 5.82 Å². The highest BCUT2D eigenvalue weighted by Gasteiger charge is 2.05. The largest absolute Gasteiger partial charge is 0.383 e. The number of anilines is 1. The summed E-state index contributed by atoms with van der Waals surface area (Å²) in [6.07, 6.45) is 2.67. The van der Waals surface area contributed by atoms with Gasteiger partial charge < -0.3 is 15.4 Å². The van der Waals surface area contributed by atoms with Crippen LogP contribution >= 0.6 is 12.4 Å². The van der Waals surface area contributed by atoms with Crippen molar-refractivity contribution in [3.05, 3.63) is 12.3 Å². The minimum Gasteiger partial charge on any atom is -0.383 e.